The Balaban J connectivity index is 1.22. The van der Waals surface area contributed by atoms with Crippen molar-refractivity contribution < 1.29 is 4.79 Å². The molecule has 0 fully saturated rings. The molecule has 0 unspecified atom stereocenters. The van der Waals surface area contributed by atoms with E-state index in [1.54, 1.807) is 18.0 Å². The molecule has 30 heavy (non-hydrogen) atoms. The molecule has 0 spiro atoms. The predicted molar refractivity (Wildman–Crippen MR) is 126 cm³/mol. The van der Waals surface area contributed by atoms with Crippen molar-refractivity contribution in [3.05, 3.63) is 70.9 Å². The number of hydrogen-bond acceptors (Lipinski definition) is 7. The summed E-state index contributed by atoms with van der Waals surface area (Å²) in [6.45, 7) is 0. The van der Waals surface area contributed by atoms with E-state index in [-0.39, 0.29) is 11.7 Å². The van der Waals surface area contributed by atoms with Crippen LogP contribution in [0, 0.1) is 0 Å². The van der Waals surface area contributed by atoms with Crippen molar-refractivity contribution in [2.24, 2.45) is 5.10 Å². The highest BCUT2D eigenvalue weighted by atomic mass is 35.5. The minimum atomic E-state index is -0.193. The molecular weight excluding hydrogens is 458 g/mol. The summed E-state index contributed by atoms with van der Waals surface area (Å²) < 4.78 is 1.62. The first-order chi connectivity index (χ1) is 14.7. The molecule has 2 N–H and O–H groups in total. The van der Waals surface area contributed by atoms with Gasteiger partial charge in [0.05, 0.1) is 12.0 Å². The third-order valence-corrected chi connectivity index (χ3v) is 7.52. The van der Waals surface area contributed by atoms with Crippen LogP contribution < -0.4 is 5.43 Å². The second-order valence-electron chi connectivity index (χ2n) is 6.12. The number of hydrazone groups is 1. The molecule has 10 heteroatoms. The van der Waals surface area contributed by atoms with E-state index in [0.29, 0.717) is 0 Å². The van der Waals surface area contributed by atoms with Gasteiger partial charge in [0.15, 0.2) is 8.68 Å². The van der Waals surface area contributed by atoms with Gasteiger partial charge in [0, 0.05) is 33.4 Å². The number of halogens is 1. The zero-order valence-corrected chi connectivity index (χ0v) is 18.7. The Morgan fingerprint density at radius 1 is 1.13 bits per heavy atom. The number of carbonyl (C=O) groups is 1. The monoisotopic (exact) mass is 473 g/mol. The van der Waals surface area contributed by atoms with Crippen molar-refractivity contribution in [1.29, 1.82) is 0 Å². The zero-order valence-electron chi connectivity index (χ0n) is 15.5. The molecular formula is C20H16ClN5OS3. The lowest BCUT2D eigenvalue weighted by Gasteiger charge is -1.98. The number of carbonyl (C=O) groups excluding carboxylic acids is 1. The van der Waals surface area contributed by atoms with Crippen molar-refractivity contribution in [3.63, 3.8) is 0 Å². The summed E-state index contributed by atoms with van der Waals surface area (Å²) in [5, 5.41) is 14.1. The number of H-pyrrole nitrogens is 1. The number of rotatable bonds is 8. The fraction of sp³-hybridized carbons (Fsp3) is 0.100. The van der Waals surface area contributed by atoms with Gasteiger partial charge in [-0.2, -0.15) is 5.10 Å². The third kappa shape index (κ3) is 5.63. The maximum atomic E-state index is 12.0. The van der Waals surface area contributed by atoms with E-state index < -0.39 is 0 Å². The van der Waals surface area contributed by atoms with E-state index in [1.165, 1.54) is 28.7 Å². The SMILES string of the molecule is O=C(CSc1nnc(SCc2ccc(Cl)cc2)s1)NN=Cc1c[nH]c2ccccc12. The fourth-order valence-corrected chi connectivity index (χ4v) is 5.47. The van der Waals surface area contributed by atoms with Crippen molar-refractivity contribution in [2.45, 2.75) is 14.4 Å². The standard InChI is InChI=1S/C20H16ClN5OS3/c21-15-7-5-13(6-8-15)11-28-19-25-26-20(30-19)29-12-18(27)24-23-10-14-9-22-17-4-2-1-3-16(14)17/h1-10,22H,11-12H2,(H,24,27). The molecule has 2 aromatic heterocycles. The highest BCUT2D eigenvalue weighted by Gasteiger charge is 2.09. The smallest absolute Gasteiger partial charge is 0.250 e. The molecule has 0 radical (unpaired) electrons. The van der Waals surface area contributed by atoms with Gasteiger partial charge < -0.3 is 4.98 Å². The lowest BCUT2D eigenvalue weighted by Crippen LogP contribution is -2.19. The predicted octanol–water partition coefficient (Wildman–Crippen LogP) is 5.21. The van der Waals surface area contributed by atoms with Crippen molar-refractivity contribution in [1.82, 2.24) is 20.6 Å². The summed E-state index contributed by atoms with van der Waals surface area (Å²) in [4.78, 5) is 15.2. The Bertz CT molecular complexity index is 1170. The van der Waals surface area contributed by atoms with Crippen molar-refractivity contribution in [2.75, 3.05) is 5.75 Å². The lowest BCUT2D eigenvalue weighted by atomic mass is 10.2. The minimum Gasteiger partial charge on any atom is -0.361 e. The molecule has 152 valence electrons. The number of nitrogens with zero attached hydrogens (tertiary/aromatic N) is 3. The number of amides is 1. The Morgan fingerprint density at radius 3 is 2.73 bits per heavy atom. The normalized spacial score (nSPS) is 11.4. The molecule has 0 saturated carbocycles. The Labute approximate surface area is 190 Å². The van der Waals surface area contributed by atoms with Gasteiger partial charge >= 0.3 is 0 Å². The van der Waals surface area contributed by atoms with Gasteiger partial charge in [0.2, 0.25) is 0 Å². The quantitative estimate of drug-likeness (QED) is 0.208. The van der Waals surface area contributed by atoms with Gasteiger partial charge in [-0.1, -0.05) is 76.8 Å². The van der Waals surface area contributed by atoms with E-state index in [9.17, 15) is 4.79 Å². The average Bonchev–Trinajstić information content (AvgIpc) is 3.39. The van der Waals surface area contributed by atoms with E-state index in [0.717, 1.165) is 35.9 Å². The van der Waals surface area contributed by atoms with Crippen LogP contribution in [0.1, 0.15) is 11.1 Å². The molecule has 0 saturated heterocycles. The van der Waals surface area contributed by atoms with E-state index in [1.807, 2.05) is 54.7 Å². The third-order valence-electron chi connectivity index (χ3n) is 4.00. The zero-order chi connectivity index (χ0) is 20.8. The van der Waals surface area contributed by atoms with Crippen LogP contribution in [0.3, 0.4) is 0 Å². The largest absolute Gasteiger partial charge is 0.361 e. The summed E-state index contributed by atoms with van der Waals surface area (Å²) in [6.07, 6.45) is 3.50. The van der Waals surface area contributed by atoms with E-state index in [2.05, 4.69) is 25.7 Å². The maximum Gasteiger partial charge on any atom is 0.250 e. The summed E-state index contributed by atoms with van der Waals surface area (Å²) in [6, 6.07) is 15.7. The van der Waals surface area contributed by atoms with Crippen LogP contribution in [-0.2, 0) is 10.5 Å². The van der Waals surface area contributed by atoms with Gasteiger partial charge in [-0.15, -0.1) is 10.2 Å². The maximum absolute atomic E-state index is 12.0. The van der Waals surface area contributed by atoms with Crippen LogP contribution >= 0.6 is 46.5 Å². The average molecular weight is 474 g/mol. The molecule has 4 rings (SSSR count). The van der Waals surface area contributed by atoms with Gasteiger partial charge in [-0.25, -0.2) is 5.43 Å². The Hall–Kier alpha value is -2.33. The second-order valence-corrected chi connectivity index (χ2v) is 9.98. The van der Waals surface area contributed by atoms with Gasteiger partial charge in [-0.05, 0) is 23.8 Å². The molecule has 0 atom stereocenters. The molecule has 6 nitrogen and oxygen atoms in total. The lowest BCUT2D eigenvalue weighted by molar-refractivity contribution is -0.118. The molecule has 0 aliphatic rings. The first-order valence-electron chi connectivity index (χ1n) is 8.89. The second kappa shape index (κ2) is 10.1. The summed E-state index contributed by atoms with van der Waals surface area (Å²) in [7, 11) is 0. The number of aromatic amines is 1. The Kier molecular flexibility index (Phi) is 7.06. The molecule has 2 heterocycles. The number of benzene rings is 2. The van der Waals surface area contributed by atoms with E-state index in [4.69, 9.17) is 11.6 Å². The fourth-order valence-electron chi connectivity index (χ4n) is 2.57. The summed E-state index contributed by atoms with van der Waals surface area (Å²) in [5.41, 5.74) is 5.67. The molecule has 0 aliphatic heterocycles. The molecule has 2 aromatic carbocycles. The number of nitrogens with one attached hydrogen (secondary N) is 2. The van der Waals surface area contributed by atoms with Gasteiger partial charge in [0.25, 0.3) is 5.91 Å². The number of hydrogen-bond donors (Lipinski definition) is 2. The van der Waals surface area contributed by atoms with E-state index >= 15 is 0 Å². The first-order valence-corrected chi connectivity index (χ1v) is 12.1. The van der Waals surface area contributed by atoms with Crippen LogP contribution in [0.5, 0.6) is 0 Å². The summed E-state index contributed by atoms with van der Waals surface area (Å²) >= 11 is 10.3. The molecule has 0 bridgehead atoms. The van der Waals surface area contributed by atoms with Gasteiger partial charge in [0.1, 0.15) is 0 Å². The van der Waals surface area contributed by atoms with Crippen LogP contribution in [0.15, 0.2) is 68.5 Å². The van der Waals surface area contributed by atoms with Crippen molar-refractivity contribution in [3.8, 4) is 0 Å². The minimum absolute atomic E-state index is 0.193. The molecule has 1 amide bonds. The highest BCUT2D eigenvalue weighted by molar-refractivity contribution is 8.03. The first kappa shape index (κ1) is 20.9. The number of thioether (sulfide) groups is 2. The molecule has 0 aliphatic carbocycles. The topological polar surface area (TPSA) is 83.0 Å². The number of fused-ring (bicyclic) bond motifs is 1. The van der Waals surface area contributed by atoms with Crippen LogP contribution in [0.4, 0.5) is 0 Å². The van der Waals surface area contributed by atoms with Crippen LogP contribution in [-0.4, -0.2) is 33.1 Å². The number of aromatic nitrogens is 3. The number of para-hydroxylation sites is 1. The van der Waals surface area contributed by atoms with Crippen molar-refractivity contribution >= 4 is 69.5 Å². The van der Waals surface area contributed by atoms with Gasteiger partial charge in [-0.3, -0.25) is 4.79 Å². The Morgan fingerprint density at radius 2 is 1.90 bits per heavy atom. The van der Waals surface area contributed by atoms with Crippen LogP contribution in [0.2, 0.25) is 5.02 Å². The summed E-state index contributed by atoms with van der Waals surface area (Å²) in [5.74, 6) is 0.822. The molecule has 4 aromatic rings. The van der Waals surface area contributed by atoms with Crippen LogP contribution in [0.25, 0.3) is 10.9 Å². The highest BCUT2D eigenvalue weighted by Crippen LogP contribution is 2.30.